The number of nitrogens with two attached hydrogens (primary N) is 1. The Kier molecular flexibility index (Phi) is 3.26. The molecule has 0 radical (unpaired) electrons. The van der Waals surface area contributed by atoms with Crippen molar-refractivity contribution >= 4 is 5.95 Å². The normalized spacial score (nSPS) is 21.2. The van der Waals surface area contributed by atoms with Gasteiger partial charge in [0.15, 0.2) is 0 Å². The minimum absolute atomic E-state index is 0.321. The van der Waals surface area contributed by atoms with Crippen LogP contribution in [0.15, 0.2) is 12.4 Å². The molecule has 84 valence electrons. The average Bonchev–Trinajstić information content (AvgIpc) is 2.82. The molecule has 1 aromatic heterocycles. The summed E-state index contributed by atoms with van der Waals surface area (Å²) in [5.74, 6) is 1.09. The Morgan fingerprint density at radius 3 is 3.13 bits per heavy atom. The van der Waals surface area contributed by atoms with E-state index in [1.807, 2.05) is 6.20 Å². The summed E-state index contributed by atoms with van der Waals surface area (Å²) in [7, 11) is 0. The van der Waals surface area contributed by atoms with Gasteiger partial charge < -0.3 is 15.2 Å². The van der Waals surface area contributed by atoms with E-state index in [1.54, 1.807) is 0 Å². The van der Waals surface area contributed by atoms with E-state index in [2.05, 4.69) is 27.6 Å². The molecule has 0 aliphatic carbocycles. The van der Waals surface area contributed by atoms with E-state index in [0.717, 1.165) is 32.0 Å². The summed E-state index contributed by atoms with van der Waals surface area (Å²) in [6.45, 7) is 5.27. The first kappa shape index (κ1) is 10.5. The maximum atomic E-state index is 5.90. The SMILES string of the molecule is CCCCn1ccnc1N1CCC(N)C1. The topological polar surface area (TPSA) is 47.1 Å². The first-order valence-electron chi connectivity index (χ1n) is 5.83. The van der Waals surface area contributed by atoms with Crippen molar-refractivity contribution in [3.63, 3.8) is 0 Å². The van der Waals surface area contributed by atoms with Crippen molar-refractivity contribution in [1.82, 2.24) is 9.55 Å². The molecular formula is C11H20N4. The molecule has 0 saturated carbocycles. The zero-order valence-corrected chi connectivity index (χ0v) is 9.39. The van der Waals surface area contributed by atoms with Crippen LogP contribution in [0.3, 0.4) is 0 Å². The Morgan fingerprint density at radius 1 is 1.60 bits per heavy atom. The molecule has 4 heteroatoms. The molecule has 1 aromatic rings. The predicted octanol–water partition coefficient (Wildman–Crippen LogP) is 1.22. The van der Waals surface area contributed by atoms with Gasteiger partial charge in [-0.2, -0.15) is 0 Å². The highest BCUT2D eigenvalue weighted by Crippen LogP contribution is 2.18. The van der Waals surface area contributed by atoms with Crippen molar-refractivity contribution in [2.75, 3.05) is 18.0 Å². The first-order chi connectivity index (χ1) is 7.31. The second kappa shape index (κ2) is 4.66. The fraction of sp³-hybridized carbons (Fsp3) is 0.727. The second-order valence-electron chi connectivity index (χ2n) is 4.27. The lowest BCUT2D eigenvalue weighted by molar-refractivity contribution is 0.623. The third-order valence-corrected chi connectivity index (χ3v) is 2.95. The highest BCUT2D eigenvalue weighted by Gasteiger charge is 2.22. The molecule has 2 rings (SSSR count). The fourth-order valence-corrected chi connectivity index (χ4v) is 2.06. The number of anilines is 1. The van der Waals surface area contributed by atoms with E-state index >= 15 is 0 Å². The molecule has 1 saturated heterocycles. The van der Waals surface area contributed by atoms with Gasteiger partial charge in [0.1, 0.15) is 0 Å². The van der Waals surface area contributed by atoms with Crippen LogP contribution in [0.1, 0.15) is 26.2 Å². The summed E-state index contributed by atoms with van der Waals surface area (Å²) >= 11 is 0. The molecule has 0 spiro atoms. The average molecular weight is 208 g/mol. The number of nitrogens with zero attached hydrogens (tertiary/aromatic N) is 3. The Hall–Kier alpha value is -1.03. The van der Waals surface area contributed by atoms with Crippen LogP contribution >= 0.6 is 0 Å². The molecule has 4 nitrogen and oxygen atoms in total. The molecule has 0 amide bonds. The number of aryl methyl sites for hydroxylation is 1. The van der Waals surface area contributed by atoms with Gasteiger partial charge in [-0.15, -0.1) is 0 Å². The fourth-order valence-electron chi connectivity index (χ4n) is 2.06. The molecule has 15 heavy (non-hydrogen) atoms. The lowest BCUT2D eigenvalue weighted by atomic mass is 10.3. The van der Waals surface area contributed by atoms with Crippen LogP contribution in [-0.4, -0.2) is 28.7 Å². The quantitative estimate of drug-likeness (QED) is 0.809. The second-order valence-corrected chi connectivity index (χ2v) is 4.27. The van der Waals surface area contributed by atoms with E-state index in [0.29, 0.717) is 6.04 Å². The summed E-state index contributed by atoms with van der Waals surface area (Å²) in [6, 6.07) is 0.321. The van der Waals surface area contributed by atoms with Crippen molar-refractivity contribution in [3.05, 3.63) is 12.4 Å². The van der Waals surface area contributed by atoms with E-state index in [4.69, 9.17) is 5.73 Å². The maximum absolute atomic E-state index is 5.90. The molecule has 1 aliphatic heterocycles. The molecule has 0 aromatic carbocycles. The van der Waals surface area contributed by atoms with E-state index in [1.165, 1.54) is 12.8 Å². The number of aromatic nitrogens is 2. The van der Waals surface area contributed by atoms with E-state index in [9.17, 15) is 0 Å². The number of hydrogen-bond acceptors (Lipinski definition) is 3. The van der Waals surface area contributed by atoms with Crippen LogP contribution in [0.4, 0.5) is 5.95 Å². The van der Waals surface area contributed by atoms with Gasteiger partial charge >= 0.3 is 0 Å². The van der Waals surface area contributed by atoms with Gasteiger partial charge in [-0.05, 0) is 12.8 Å². The predicted molar refractivity (Wildman–Crippen MR) is 61.9 cm³/mol. The third-order valence-electron chi connectivity index (χ3n) is 2.95. The molecule has 1 atom stereocenters. The molecule has 1 aliphatic rings. The lowest BCUT2D eigenvalue weighted by Gasteiger charge is -2.18. The molecular weight excluding hydrogens is 188 g/mol. The lowest BCUT2D eigenvalue weighted by Crippen LogP contribution is -2.28. The van der Waals surface area contributed by atoms with Crippen molar-refractivity contribution in [3.8, 4) is 0 Å². The van der Waals surface area contributed by atoms with Gasteiger partial charge in [0, 0.05) is 38.1 Å². The zero-order valence-electron chi connectivity index (χ0n) is 9.39. The molecule has 1 unspecified atom stereocenters. The number of hydrogen-bond donors (Lipinski definition) is 1. The molecule has 1 fully saturated rings. The highest BCUT2D eigenvalue weighted by molar-refractivity contribution is 5.33. The largest absolute Gasteiger partial charge is 0.341 e. The van der Waals surface area contributed by atoms with Crippen molar-refractivity contribution in [2.24, 2.45) is 5.73 Å². The van der Waals surface area contributed by atoms with Crippen LogP contribution in [0.2, 0.25) is 0 Å². The number of rotatable bonds is 4. The van der Waals surface area contributed by atoms with Gasteiger partial charge in [0.2, 0.25) is 5.95 Å². The monoisotopic (exact) mass is 208 g/mol. The number of unbranched alkanes of at least 4 members (excludes halogenated alkanes) is 1. The van der Waals surface area contributed by atoms with Crippen molar-refractivity contribution < 1.29 is 0 Å². The summed E-state index contributed by atoms with van der Waals surface area (Å²) in [6.07, 6.45) is 7.46. The third kappa shape index (κ3) is 2.31. The maximum Gasteiger partial charge on any atom is 0.205 e. The van der Waals surface area contributed by atoms with Crippen LogP contribution < -0.4 is 10.6 Å². The summed E-state index contributed by atoms with van der Waals surface area (Å²) in [5, 5.41) is 0. The van der Waals surface area contributed by atoms with Gasteiger partial charge in [0.05, 0.1) is 0 Å². The van der Waals surface area contributed by atoms with Crippen LogP contribution in [0.25, 0.3) is 0 Å². The van der Waals surface area contributed by atoms with Gasteiger partial charge in [-0.1, -0.05) is 13.3 Å². The van der Waals surface area contributed by atoms with Gasteiger partial charge in [-0.3, -0.25) is 0 Å². The van der Waals surface area contributed by atoms with E-state index < -0.39 is 0 Å². The first-order valence-corrected chi connectivity index (χ1v) is 5.83. The summed E-state index contributed by atoms with van der Waals surface area (Å²) < 4.78 is 2.24. The molecule has 2 N–H and O–H groups in total. The summed E-state index contributed by atoms with van der Waals surface area (Å²) in [5.41, 5.74) is 5.90. The van der Waals surface area contributed by atoms with E-state index in [-0.39, 0.29) is 0 Å². The van der Waals surface area contributed by atoms with Crippen molar-refractivity contribution in [1.29, 1.82) is 0 Å². The van der Waals surface area contributed by atoms with Crippen molar-refractivity contribution in [2.45, 2.75) is 38.8 Å². The summed E-state index contributed by atoms with van der Waals surface area (Å²) in [4.78, 5) is 6.71. The van der Waals surface area contributed by atoms with Gasteiger partial charge in [-0.25, -0.2) is 4.98 Å². The van der Waals surface area contributed by atoms with Crippen LogP contribution in [-0.2, 0) is 6.54 Å². The zero-order chi connectivity index (χ0) is 10.7. The number of imidazole rings is 1. The van der Waals surface area contributed by atoms with Gasteiger partial charge in [0.25, 0.3) is 0 Å². The Morgan fingerprint density at radius 2 is 2.47 bits per heavy atom. The van der Waals surface area contributed by atoms with Crippen LogP contribution in [0.5, 0.6) is 0 Å². The van der Waals surface area contributed by atoms with Crippen LogP contribution in [0, 0.1) is 0 Å². The Labute approximate surface area is 91.1 Å². The standard InChI is InChI=1S/C11H20N4/c1-2-3-6-14-8-5-13-11(14)15-7-4-10(12)9-15/h5,8,10H,2-4,6-7,9,12H2,1H3. The minimum atomic E-state index is 0.321. The minimum Gasteiger partial charge on any atom is -0.341 e. The smallest absolute Gasteiger partial charge is 0.205 e. The molecule has 0 bridgehead atoms. The molecule has 2 heterocycles. The Bertz CT molecular complexity index is 307. The highest BCUT2D eigenvalue weighted by atomic mass is 15.3. The Balaban J connectivity index is 2.04.